The minimum Gasteiger partial charge on any atom is -0.443 e. The molecule has 0 unspecified atom stereocenters. The van der Waals surface area contributed by atoms with Gasteiger partial charge >= 0.3 is 6.09 Å². The highest BCUT2D eigenvalue weighted by Crippen LogP contribution is 2.41. The smallest absolute Gasteiger partial charge is 0.417 e. The Morgan fingerprint density at radius 1 is 1.15 bits per heavy atom. The van der Waals surface area contributed by atoms with Crippen molar-refractivity contribution >= 4 is 20.3 Å². The Morgan fingerprint density at radius 2 is 1.70 bits per heavy atom. The van der Waals surface area contributed by atoms with Crippen LogP contribution in [0.4, 0.5) is 4.79 Å². The van der Waals surface area contributed by atoms with Crippen molar-refractivity contribution in [3.8, 4) is 0 Å². The number of rotatable bonds is 3. The Balaban J connectivity index is 2.27. The van der Waals surface area contributed by atoms with E-state index in [9.17, 15) is 9.59 Å². The fraction of sp³-hybridized carbons (Fsp3) is 0.895. The van der Waals surface area contributed by atoms with E-state index in [4.69, 9.17) is 18.6 Å². The number of amides is 2. The molecular weight excluding hydrogens is 366 g/mol. The molecule has 2 fully saturated rings. The van der Waals surface area contributed by atoms with Gasteiger partial charge in [0, 0.05) is 0 Å². The summed E-state index contributed by atoms with van der Waals surface area (Å²) in [6, 6.07) is -0.576. The van der Waals surface area contributed by atoms with Crippen LogP contribution in [-0.2, 0) is 23.4 Å². The molecule has 0 aromatic carbocycles. The van der Waals surface area contributed by atoms with Gasteiger partial charge in [-0.3, -0.25) is 4.79 Å². The highest BCUT2D eigenvalue weighted by Gasteiger charge is 2.60. The summed E-state index contributed by atoms with van der Waals surface area (Å²) >= 11 is 0. The quantitative estimate of drug-likeness (QED) is 0.672. The van der Waals surface area contributed by atoms with Crippen molar-refractivity contribution in [1.82, 2.24) is 4.90 Å². The molecular formula is C19H35NO6Si. The van der Waals surface area contributed by atoms with Gasteiger partial charge in [-0.25, -0.2) is 9.69 Å². The van der Waals surface area contributed by atoms with Crippen molar-refractivity contribution in [2.45, 2.75) is 103 Å². The lowest BCUT2D eigenvalue weighted by Crippen LogP contribution is -2.51. The summed E-state index contributed by atoms with van der Waals surface area (Å²) in [4.78, 5) is 26.8. The van der Waals surface area contributed by atoms with E-state index in [1.165, 1.54) is 0 Å². The number of carbonyl (C=O) groups is 2. The first-order chi connectivity index (χ1) is 12.0. The number of fused-ring (bicyclic) bond motifs is 1. The van der Waals surface area contributed by atoms with E-state index < -0.39 is 50.0 Å². The summed E-state index contributed by atoms with van der Waals surface area (Å²) in [6.45, 7) is 19.7. The molecule has 0 aromatic heterocycles. The van der Waals surface area contributed by atoms with Crippen LogP contribution >= 0.6 is 0 Å². The number of carbonyl (C=O) groups excluding carboxylic acids is 2. The van der Waals surface area contributed by atoms with Crippen LogP contribution in [0.15, 0.2) is 0 Å². The maximum atomic E-state index is 12.9. The molecule has 0 N–H and O–H groups in total. The molecule has 2 rings (SSSR count). The highest BCUT2D eigenvalue weighted by molar-refractivity contribution is 6.74. The molecule has 0 aliphatic carbocycles. The SMILES string of the molecule is CC(C)(C)OC(=O)N1C(=O)[C@H]2OC(C)(C)O[C@H]2[C@@H]1CO[Si](C)(C)C(C)(C)C. The standard InChI is InChI=1S/C19H35NO6Si/c1-17(2,3)26-16(22)20-12(11-23-27(9,10)18(4,5)6)13-14(15(20)21)25-19(7,8)24-13/h12-14H,11H2,1-10H3/t12-,13-,14-/m0/s1. The number of likely N-dealkylation sites (tertiary alicyclic amines) is 1. The summed E-state index contributed by atoms with van der Waals surface area (Å²) in [6.07, 6.45) is -2.07. The minimum absolute atomic E-state index is 0.0120. The average Bonchev–Trinajstić information content (AvgIpc) is 2.86. The van der Waals surface area contributed by atoms with Crippen molar-refractivity contribution < 1.29 is 28.2 Å². The van der Waals surface area contributed by atoms with E-state index in [-0.39, 0.29) is 11.6 Å². The first-order valence-electron chi connectivity index (χ1n) is 9.51. The minimum atomic E-state index is -2.07. The molecule has 0 aromatic rings. The van der Waals surface area contributed by atoms with Crippen molar-refractivity contribution in [3.63, 3.8) is 0 Å². The Morgan fingerprint density at radius 3 is 2.19 bits per heavy atom. The van der Waals surface area contributed by atoms with Crippen LogP contribution in [0.3, 0.4) is 0 Å². The van der Waals surface area contributed by atoms with E-state index in [2.05, 4.69) is 33.9 Å². The molecule has 2 heterocycles. The first kappa shape index (κ1) is 22.3. The van der Waals surface area contributed by atoms with Gasteiger partial charge in [-0.05, 0) is 52.8 Å². The normalized spacial score (nSPS) is 28.4. The number of hydrogen-bond acceptors (Lipinski definition) is 6. The average molecular weight is 402 g/mol. The molecule has 2 aliphatic rings. The van der Waals surface area contributed by atoms with Gasteiger partial charge in [0.1, 0.15) is 11.7 Å². The molecule has 7 nitrogen and oxygen atoms in total. The maximum absolute atomic E-state index is 12.9. The van der Waals surface area contributed by atoms with Crippen molar-refractivity contribution in [2.75, 3.05) is 6.61 Å². The fourth-order valence-electron chi connectivity index (χ4n) is 2.92. The second-order valence-corrected chi connectivity index (χ2v) is 15.2. The molecule has 8 heteroatoms. The number of hydrogen-bond donors (Lipinski definition) is 0. The topological polar surface area (TPSA) is 74.3 Å². The van der Waals surface area contributed by atoms with Gasteiger partial charge in [-0.1, -0.05) is 20.8 Å². The number of nitrogens with zero attached hydrogens (tertiary/aromatic N) is 1. The van der Waals surface area contributed by atoms with Crippen LogP contribution in [0.5, 0.6) is 0 Å². The van der Waals surface area contributed by atoms with Gasteiger partial charge in [0.25, 0.3) is 5.91 Å². The molecule has 0 bridgehead atoms. The zero-order chi connectivity index (χ0) is 21.0. The molecule has 0 saturated carbocycles. The fourth-order valence-corrected chi connectivity index (χ4v) is 3.95. The van der Waals surface area contributed by atoms with Crippen molar-refractivity contribution in [3.05, 3.63) is 0 Å². The van der Waals surface area contributed by atoms with Crippen LogP contribution in [0.1, 0.15) is 55.4 Å². The maximum Gasteiger partial charge on any atom is 0.417 e. The third-order valence-corrected chi connectivity index (χ3v) is 9.83. The van der Waals surface area contributed by atoms with Crippen LogP contribution in [0.2, 0.25) is 18.1 Å². The van der Waals surface area contributed by atoms with Gasteiger partial charge in [0.2, 0.25) is 0 Å². The molecule has 0 spiro atoms. The van der Waals surface area contributed by atoms with Crippen molar-refractivity contribution in [2.24, 2.45) is 0 Å². The molecule has 0 radical (unpaired) electrons. The van der Waals surface area contributed by atoms with Gasteiger partial charge in [-0.15, -0.1) is 0 Å². The largest absolute Gasteiger partial charge is 0.443 e. The highest BCUT2D eigenvalue weighted by atomic mass is 28.4. The summed E-state index contributed by atoms with van der Waals surface area (Å²) in [7, 11) is -2.07. The summed E-state index contributed by atoms with van der Waals surface area (Å²) in [5, 5.41) is 0.0120. The van der Waals surface area contributed by atoms with Crippen molar-refractivity contribution in [1.29, 1.82) is 0 Å². The second kappa shape index (κ2) is 6.83. The summed E-state index contributed by atoms with van der Waals surface area (Å²) < 4.78 is 23.5. The third-order valence-electron chi connectivity index (χ3n) is 5.33. The molecule has 2 saturated heterocycles. The van der Waals surface area contributed by atoms with E-state index in [0.717, 1.165) is 4.90 Å². The predicted octanol–water partition coefficient (Wildman–Crippen LogP) is 3.67. The van der Waals surface area contributed by atoms with Crippen LogP contribution < -0.4 is 0 Å². The van der Waals surface area contributed by atoms with Crippen LogP contribution in [0.25, 0.3) is 0 Å². The molecule has 27 heavy (non-hydrogen) atoms. The Kier molecular flexibility index (Phi) is 5.64. The van der Waals surface area contributed by atoms with E-state index in [0.29, 0.717) is 0 Å². The first-order valence-corrected chi connectivity index (χ1v) is 12.4. The number of imide groups is 1. The summed E-state index contributed by atoms with van der Waals surface area (Å²) in [5.41, 5.74) is -0.707. The molecule has 156 valence electrons. The molecule has 2 amide bonds. The van der Waals surface area contributed by atoms with E-state index >= 15 is 0 Å². The second-order valence-electron chi connectivity index (χ2n) is 10.3. The van der Waals surface area contributed by atoms with E-state index in [1.54, 1.807) is 34.6 Å². The Labute approximate surface area is 163 Å². The van der Waals surface area contributed by atoms with Crippen LogP contribution in [-0.4, -0.2) is 61.5 Å². The lowest BCUT2D eigenvalue weighted by molar-refractivity contribution is -0.172. The lowest BCUT2D eigenvalue weighted by atomic mass is 10.1. The Bertz CT molecular complexity index is 604. The summed E-state index contributed by atoms with van der Waals surface area (Å²) in [5.74, 6) is -1.30. The molecule has 2 aliphatic heterocycles. The van der Waals surface area contributed by atoms with Gasteiger partial charge < -0.3 is 18.6 Å². The van der Waals surface area contributed by atoms with Gasteiger partial charge in [0.15, 0.2) is 20.2 Å². The third kappa shape index (κ3) is 4.72. The predicted molar refractivity (Wildman–Crippen MR) is 104 cm³/mol. The lowest BCUT2D eigenvalue weighted by Gasteiger charge is -2.38. The zero-order valence-electron chi connectivity index (χ0n) is 18.3. The van der Waals surface area contributed by atoms with Crippen LogP contribution in [0, 0.1) is 0 Å². The monoisotopic (exact) mass is 401 g/mol. The zero-order valence-corrected chi connectivity index (χ0v) is 19.3. The molecule has 3 atom stereocenters. The van der Waals surface area contributed by atoms with Gasteiger partial charge in [-0.2, -0.15) is 0 Å². The van der Waals surface area contributed by atoms with E-state index in [1.807, 2.05) is 0 Å². The number of ether oxygens (including phenoxy) is 3. The van der Waals surface area contributed by atoms with Gasteiger partial charge in [0.05, 0.1) is 12.6 Å². The Hall–Kier alpha value is -0.963.